The van der Waals surface area contributed by atoms with Gasteiger partial charge in [0.2, 0.25) is 0 Å². The number of hydrogen-bond acceptors (Lipinski definition) is 5. The lowest BCUT2D eigenvalue weighted by atomic mass is 10.00. The van der Waals surface area contributed by atoms with Crippen LogP contribution in [0, 0.1) is 0 Å². The molecule has 0 fully saturated rings. The van der Waals surface area contributed by atoms with Crippen molar-refractivity contribution in [2.45, 2.75) is 19.1 Å². The predicted molar refractivity (Wildman–Crippen MR) is 93.0 cm³/mol. The van der Waals surface area contributed by atoms with Gasteiger partial charge < -0.3 is 4.90 Å². The Morgan fingerprint density at radius 3 is 2.78 bits per heavy atom. The van der Waals surface area contributed by atoms with Gasteiger partial charge in [-0.1, -0.05) is 0 Å². The van der Waals surface area contributed by atoms with Crippen molar-refractivity contribution in [2.24, 2.45) is 0 Å². The minimum Gasteiger partial charge on any atom is -0.334 e. The van der Waals surface area contributed by atoms with Crippen LogP contribution in [0.25, 0.3) is 11.3 Å². The molecule has 0 saturated heterocycles. The zero-order valence-corrected chi connectivity index (χ0v) is 14.7. The number of thiophene rings is 1. The summed E-state index contributed by atoms with van der Waals surface area (Å²) in [6.45, 7) is 0.638. The molecule has 0 aliphatic carbocycles. The van der Waals surface area contributed by atoms with Crippen molar-refractivity contribution in [1.29, 1.82) is 0 Å². The Bertz CT molecular complexity index is 989. The van der Waals surface area contributed by atoms with Crippen molar-refractivity contribution in [1.82, 2.24) is 19.9 Å². The molecular formula is C18H13F3N4OS. The van der Waals surface area contributed by atoms with Gasteiger partial charge in [0.05, 0.1) is 11.4 Å². The molecule has 0 unspecified atom stereocenters. The van der Waals surface area contributed by atoms with Crippen molar-refractivity contribution in [2.75, 3.05) is 6.54 Å². The van der Waals surface area contributed by atoms with Crippen molar-refractivity contribution < 1.29 is 18.0 Å². The van der Waals surface area contributed by atoms with Gasteiger partial charge in [0.1, 0.15) is 12.0 Å². The molecule has 1 aliphatic rings. The lowest BCUT2D eigenvalue weighted by Gasteiger charge is -2.29. The standard InChI is InChI=1S/C18H13F3N4OS/c19-18(20,21)15-7-11(1-4-22-15)17(26)25-5-2-14-13(8-25)16(24-10-23-14)12-3-6-27-9-12/h1,3-4,6-7,9-10H,2,5,8H2. The minimum absolute atomic E-state index is 0.0327. The van der Waals surface area contributed by atoms with Crippen LogP contribution in [0.4, 0.5) is 13.2 Å². The number of amides is 1. The zero-order chi connectivity index (χ0) is 19.0. The lowest BCUT2D eigenvalue weighted by Crippen LogP contribution is -2.37. The van der Waals surface area contributed by atoms with E-state index in [9.17, 15) is 18.0 Å². The summed E-state index contributed by atoms with van der Waals surface area (Å²) >= 11 is 1.54. The summed E-state index contributed by atoms with van der Waals surface area (Å²) in [7, 11) is 0. The van der Waals surface area contributed by atoms with Gasteiger partial charge in [-0.3, -0.25) is 9.78 Å². The predicted octanol–water partition coefficient (Wildman–Crippen LogP) is 3.82. The SMILES string of the molecule is O=C(c1ccnc(C(F)(F)F)c1)N1CCc2ncnc(-c3ccsc3)c2C1. The van der Waals surface area contributed by atoms with Crippen LogP contribution in [0.5, 0.6) is 0 Å². The van der Waals surface area contributed by atoms with E-state index in [1.54, 1.807) is 0 Å². The lowest BCUT2D eigenvalue weighted by molar-refractivity contribution is -0.141. The molecular weight excluding hydrogens is 377 g/mol. The maximum atomic E-state index is 12.9. The monoisotopic (exact) mass is 390 g/mol. The molecule has 5 nitrogen and oxygen atoms in total. The average Bonchev–Trinajstić information content (AvgIpc) is 3.20. The van der Waals surface area contributed by atoms with E-state index < -0.39 is 17.8 Å². The van der Waals surface area contributed by atoms with Crippen molar-refractivity contribution in [3.8, 4) is 11.3 Å². The molecule has 0 N–H and O–H groups in total. The quantitative estimate of drug-likeness (QED) is 0.668. The van der Waals surface area contributed by atoms with Crippen LogP contribution < -0.4 is 0 Å². The summed E-state index contributed by atoms with van der Waals surface area (Å²) in [5.74, 6) is -0.464. The van der Waals surface area contributed by atoms with Gasteiger partial charge in [-0.2, -0.15) is 24.5 Å². The van der Waals surface area contributed by atoms with Crippen LogP contribution in [0.15, 0.2) is 41.5 Å². The largest absolute Gasteiger partial charge is 0.433 e. The molecule has 9 heteroatoms. The highest BCUT2D eigenvalue weighted by Crippen LogP contribution is 2.31. The highest BCUT2D eigenvalue weighted by atomic mass is 32.1. The van der Waals surface area contributed by atoms with Crippen LogP contribution in [0.3, 0.4) is 0 Å². The number of pyridine rings is 1. The Morgan fingerprint density at radius 1 is 1.19 bits per heavy atom. The summed E-state index contributed by atoms with van der Waals surface area (Å²) in [6, 6.07) is 4.03. The highest BCUT2D eigenvalue weighted by Gasteiger charge is 2.34. The first kappa shape index (κ1) is 17.6. The summed E-state index contributed by atoms with van der Waals surface area (Å²) in [4.78, 5) is 26.3. The fourth-order valence-corrected chi connectivity index (χ4v) is 3.70. The third-order valence-corrected chi connectivity index (χ3v) is 5.06. The summed E-state index contributed by atoms with van der Waals surface area (Å²) in [5, 5.41) is 3.90. The van der Waals surface area contributed by atoms with E-state index >= 15 is 0 Å². The second-order valence-electron chi connectivity index (χ2n) is 6.06. The number of hydrogen-bond donors (Lipinski definition) is 0. The second kappa shape index (κ2) is 6.73. The minimum atomic E-state index is -4.59. The molecule has 0 aromatic carbocycles. The summed E-state index contributed by atoms with van der Waals surface area (Å²) in [6.07, 6.45) is -1.56. The van der Waals surface area contributed by atoms with Crippen LogP contribution in [0.1, 0.15) is 27.3 Å². The smallest absolute Gasteiger partial charge is 0.334 e. The van der Waals surface area contributed by atoms with E-state index in [-0.39, 0.29) is 12.1 Å². The molecule has 1 amide bonds. The van der Waals surface area contributed by atoms with E-state index in [2.05, 4.69) is 15.0 Å². The fraction of sp³-hybridized carbons (Fsp3) is 0.222. The third-order valence-electron chi connectivity index (χ3n) is 4.38. The molecule has 3 aromatic heterocycles. The van der Waals surface area contributed by atoms with E-state index in [0.29, 0.717) is 13.0 Å². The van der Waals surface area contributed by atoms with Crippen LogP contribution >= 0.6 is 11.3 Å². The van der Waals surface area contributed by atoms with Gasteiger partial charge in [-0.15, -0.1) is 0 Å². The third kappa shape index (κ3) is 3.42. The highest BCUT2D eigenvalue weighted by molar-refractivity contribution is 7.08. The van der Waals surface area contributed by atoms with Crippen LogP contribution in [-0.4, -0.2) is 32.3 Å². The Hall–Kier alpha value is -2.81. The number of rotatable bonds is 2. The number of carbonyl (C=O) groups is 1. The number of halogens is 3. The number of aromatic nitrogens is 3. The van der Waals surface area contributed by atoms with Gasteiger partial charge in [0, 0.05) is 47.8 Å². The summed E-state index contributed by atoms with van der Waals surface area (Å²) in [5.41, 5.74) is 2.28. The Kier molecular flexibility index (Phi) is 4.39. The van der Waals surface area contributed by atoms with Gasteiger partial charge in [0.15, 0.2) is 0 Å². The molecule has 3 aromatic rings. The number of fused-ring (bicyclic) bond motifs is 1. The second-order valence-corrected chi connectivity index (χ2v) is 6.84. The van der Waals surface area contributed by atoms with Crippen molar-refractivity contribution in [3.63, 3.8) is 0 Å². The topological polar surface area (TPSA) is 59.0 Å². The molecule has 27 heavy (non-hydrogen) atoms. The molecule has 1 aliphatic heterocycles. The maximum Gasteiger partial charge on any atom is 0.433 e. The number of carbonyl (C=O) groups excluding carboxylic acids is 1. The van der Waals surface area contributed by atoms with Gasteiger partial charge in [0.25, 0.3) is 5.91 Å². The first-order valence-corrected chi connectivity index (χ1v) is 9.05. The van der Waals surface area contributed by atoms with E-state index in [4.69, 9.17) is 0 Å². The van der Waals surface area contributed by atoms with E-state index in [0.717, 1.165) is 34.8 Å². The van der Waals surface area contributed by atoms with Gasteiger partial charge in [-0.25, -0.2) is 9.97 Å². The van der Waals surface area contributed by atoms with E-state index in [1.165, 1.54) is 28.6 Å². The Balaban J connectivity index is 1.64. The number of alkyl halides is 3. The number of nitrogens with zero attached hydrogens (tertiary/aromatic N) is 4. The average molecular weight is 390 g/mol. The molecule has 138 valence electrons. The van der Waals surface area contributed by atoms with Crippen LogP contribution in [0.2, 0.25) is 0 Å². The van der Waals surface area contributed by atoms with Gasteiger partial charge >= 0.3 is 6.18 Å². The molecule has 4 heterocycles. The maximum absolute atomic E-state index is 12.9. The fourth-order valence-electron chi connectivity index (χ4n) is 3.06. The Labute approximate surface area is 156 Å². The Morgan fingerprint density at radius 2 is 2.04 bits per heavy atom. The zero-order valence-electron chi connectivity index (χ0n) is 13.9. The molecule has 0 saturated carbocycles. The van der Waals surface area contributed by atoms with Crippen LogP contribution in [-0.2, 0) is 19.1 Å². The van der Waals surface area contributed by atoms with E-state index in [1.807, 2.05) is 16.8 Å². The van der Waals surface area contributed by atoms with Crippen molar-refractivity contribution in [3.05, 3.63) is 64.0 Å². The van der Waals surface area contributed by atoms with Gasteiger partial charge in [-0.05, 0) is 23.6 Å². The first-order valence-electron chi connectivity index (χ1n) is 8.11. The molecule has 0 radical (unpaired) electrons. The molecule has 0 atom stereocenters. The summed E-state index contributed by atoms with van der Waals surface area (Å²) < 4.78 is 38.6. The normalized spacial score (nSPS) is 14.1. The van der Waals surface area contributed by atoms with Crippen molar-refractivity contribution >= 4 is 17.2 Å². The first-order chi connectivity index (χ1) is 12.9. The molecule has 0 spiro atoms. The molecule has 4 rings (SSSR count). The molecule has 0 bridgehead atoms.